The summed E-state index contributed by atoms with van der Waals surface area (Å²) in [5, 5.41) is 3.30. The Kier molecular flexibility index (Phi) is 6.53. The van der Waals surface area contributed by atoms with Crippen LogP contribution in [-0.2, 0) is 8.85 Å². The van der Waals surface area contributed by atoms with E-state index in [2.05, 4.69) is 21.1 Å². The molecular formula is C8H22N2O2Si. The van der Waals surface area contributed by atoms with Gasteiger partial charge in [-0.1, -0.05) is 0 Å². The maximum atomic E-state index is 5.67. The van der Waals surface area contributed by atoms with Crippen molar-refractivity contribution in [1.29, 1.82) is 0 Å². The monoisotopic (exact) mass is 206 g/mol. The molecule has 80 valence electrons. The van der Waals surface area contributed by atoms with Gasteiger partial charge in [-0.25, -0.2) is 0 Å². The molecule has 0 radical (unpaired) electrons. The number of rotatable bonds is 3. The Morgan fingerprint density at radius 3 is 1.92 bits per heavy atom. The SMILES string of the molecule is CC(N)C1(C)CCN1.CO[SiH2]OC. The van der Waals surface area contributed by atoms with Crippen molar-refractivity contribution in [2.75, 3.05) is 20.8 Å². The van der Waals surface area contributed by atoms with E-state index in [1.807, 2.05) is 6.92 Å². The first kappa shape index (κ1) is 13.1. The van der Waals surface area contributed by atoms with Crippen molar-refractivity contribution < 1.29 is 8.85 Å². The Labute approximate surface area is 83.2 Å². The summed E-state index contributed by atoms with van der Waals surface area (Å²) in [6.07, 6.45) is 1.23. The number of nitrogens with one attached hydrogen (secondary N) is 1. The fraction of sp³-hybridized carbons (Fsp3) is 1.00. The first-order chi connectivity index (χ1) is 6.06. The van der Waals surface area contributed by atoms with E-state index in [-0.39, 0.29) is 11.6 Å². The molecule has 1 aliphatic heterocycles. The molecule has 1 saturated heterocycles. The van der Waals surface area contributed by atoms with Crippen molar-refractivity contribution in [3.63, 3.8) is 0 Å². The average molecular weight is 206 g/mol. The van der Waals surface area contributed by atoms with Gasteiger partial charge in [0.2, 0.25) is 0 Å². The molecule has 3 N–H and O–H groups in total. The fourth-order valence-corrected chi connectivity index (χ4v) is 1.26. The van der Waals surface area contributed by atoms with Gasteiger partial charge >= 0.3 is 10.0 Å². The summed E-state index contributed by atoms with van der Waals surface area (Å²) in [4.78, 5) is 0. The van der Waals surface area contributed by atoms with Crippen molar-refractivity contribution in [2.45, 2.75) is 31.8 Å². The summed E-state index contributed by atoms with van der Waals surface area (Å²) in [6.45, 7) is 5.35. The second-order valence-electron chi connectivity index (χ2n) is 3.58. The average Bonchev–Trinajstić information content (AvgIpc) is 2.02. The Hall–Kier alpha value is 0.0569. The summed E-state index contributed by atoms with van der Waals surface area (Å²) >= 11 is 0. The molecule has 0 aliphatic carbocycles. The second kappa shape index (κ2) is 6.50. The molecule has 0 amide bonds. The minimum atomic E-state index is -0.568. The molecule has 5 heteroatoms. The zero-order valence-electron chi connectivity index (χ0n) is 9.09. The van der Waals surface area contributed by atoms with Crippen molar-refractivity contribution in [3.05, 3.63) is 0 Å². The highest BCUT2D eigenvalue weighted by Gasteiger charge is 2.34. The van der Waals surface area contributed by atoms with Crippen LogP contribution in [0.3, 0.4) is 0 Å². The Morgan fingerprint density at radius 1 is 1.46 bits per heavy atom. The smallest absolute Gasteiger partial charge is 0.303 e. The highest BCUT2D eigenvalue weighted by Crippen LogP contribution is 2.19. The number of nitrogens with two attached hydrogens (primary N) is 1. The highest BCUT2D eigenvalue weighted by molar-refractivity contribution is 6.17. The van der Waals surface area contributed by atoms with Gasteiger partial charge < -0.3 is 19.9 Å². The predicted molar refractivity (Wildman–Crippen MR) is 57.2 cm³/mol. The molecule has 13 heavy (non-hydrogen) atoms. The topological polar surface area (TPSA) is 56.5 Å². The lowest BCUT2D eigenvalue weighted by atomic mass is 9.84. The minimum absolute atomic E-state index is 0.250. The largest absolute Gasteiger partial charge is 0.402 e. The number of hydrogen-bond acceptors (Lipinski definition) is 4. The van der Waals surface area contributed by atoms with Gasteiger partial charge in [-0.2, -0.15) is 0 Å². The zero-order valence-corrected chi connectivity index (χ0v) is 10.5. The lowest BCUT2D eigenvalue weighted by molar-refractivity contribution is 0.197. The van der Waals surface area contributed by atoms with Crippen LogP contribution >= 0.6 is 0 Å². The van der Waals surface area contributed by atoms with Crippen LogP contribution < -0.4 is 11.1 Å². The van der Waals surface area contributed by atoms with E-state index in [0.717, 1.165) is 6.54 Å². The molecule has 0 bridgehead atoms. The first-order valence-corrected chi connectivity index (χ1v) is 5.71. The van der Waals surface area contributed by atoms with Gasteiger partial charge in [0.25, 0.3) is 0 Å². The van der Waals surface area contributed by atoms with Crippen molar-refractivity contribution >= 4 is 10.0 Å². The van der Waals surface area contributed by atoms with Crippen LogP contribution in [0.5, 0.6) is 0 Å². The summed E-state index contributed by atoms with van der Waals surface area (Å²) in [5.74, 6) is 0. The molecule has 0 aromatic carbocycles. The third kappa shape index (κ3) is 4.73. The van der Waals surface area contributed by atoms with Gasteiger partial charge in [-0.05, 0) is 26.8 Å². The van der Waals surface area contributed by atoms with E-state index < -0.39 is 10.0 Å². The Bertz CT molecular complexity index is 127. The maximum Gasteiger partial charge on any atom is 0.303 e. The van der Waals surface area contributed by atoms with E-state index in [4.69, 9.17) is 5.73 Å². The predicted octanol–water partition coefficient (Wildman–Crippen LogP) is -0.636. The highest BCUT2D eigenvalue weighted by atomic mass is 28.3. The standard InChI is InChI=1S/C6H14N2.C2H8O2Si/c1-5(7)6(2)3-4-8-6;1-3-5-4-2/h5,8H,3-4,7H2,1-2H3;5H2,1-2H3. The number of hydrogen-bond donors (Lipinski definition) is 2. The molecule has 1 aliphatic rings. The van der Waals surface area contributed by atoms with E-state index in [1.165, 1.54) is 6.42 Å². The minimum Gasteiger partial charge on any atom is -0.402 e. The second-order valence-corrected chi connectivity index (χ2v) is 4.97. The molecule has 0 spiro atoms. The molecule has 1 fully saturated rings. The summed E-state index contributed by atoms with van der Waals surface area (Å²) in [7, 11) is 2.73. The van der Waals surface area contributed by atoms with Gasteiger partial charge in [0.05, 0.1) is 0 Å². The first-order valence-electron chi connectivity index (χ1n) is 4.55. The van der Waals surface area contributed by atoms with Crippen LogP contribution in [0.1, 0.15) is 20.3 Å². The van der Waals surface area contributed by atoms with E-state index in [0.29, 0.717) is 0 Å². The Morgan fingerprint density at radius 2 is 1.92 bits per heavy atom. The lowest BCUT2D eigenvalue weighted by Gasteiger charge is -2.43. The Balaban J connectivity index is 0.000000252. The van der Waals surface area contributed by atoms with Crippen LogP contribution in [-0.4, -0.2) is 42.4 Å². The van der Waals surface area contributed by atoms with Crippen LogP contribution in [0.2, 0.25) is 0 Å². The molecule has 0 aromatic heterocycles. The zero-order chi connectivity index (χ0) is 10.3. The van der Waals surface area contributed by atoms with Crippen molar-refractivity contribution in [1.82, 2.24) is 5.32 Å². The normalized spacial score (nSPS) is 28.4. The summed E-state index contributed by atoms with van der Waals surface area (Å²) in [5.41, 5.74) is 5.92. The van der Waals surface area contributed by atoms with Gasteiger partial charge in [0.1, 0.15) is 0 Å². The van der Waals surface area contributed by atoms with E-state index in [9.17, 15) is 0 Å². The van der Waals surface area contributed by atoms with Crippen molar-refractivity contribution in [2.24, 2.45) is 5.73 Å². The quantitative estimate of drug-likeness (QED) is 0.603. The van der Waals surface area contributed by atoms with Crippen LogP contribution in [0, 0.1) is 0 Å². The van der Waals surface area contributed by atoms with Crippen LogP contribution in [0.4, 0.5) is 0 Å². The van der Waals surface area contributed by atoms with Crippen LogP contribution in [0.25, 0.3) is 0 Å². The summed E-state index contributed by atoms with van der Waals surface area (Å²) < 4.78 is 9.22. The third-order valence-corrected chi connectivity index (χ3v) is 2.89. The molecule has 2 unspecified atom stereocenters. The molecular weight excluding hydrogens is 184 g/mol. The van der Waals surface area contributed by atoms with Gasteiger partial charge in [0.15, 0.2) is 0 Å². The maximum absolute atomic E-state index is 5.67. The third-order valence-electron chi connectivity index (χ3n) is 2.41. The van der Waals surface area contributed by atoms with Crippen LogP contribution in [0.15, 0.2) is 0 Å². The fourth-order valence-electron chi connectivity index (χ4n) is 1.03. The van der Waals surface area contributed by atoms with E-state index in [1.54, 1.807) is 14.2 Å². The van der Waals surface area contributed by atoms with Gasteiger partial charge in [-0.3, -0.25) is 0 Å². The molecule has 2 atom stereocenters. The van der Waals surface area contributed by atoms with Gasteiger partial charge in [-0.15, -0.1) is 0 Å². The lowest BCUT2D eigenvalue weighted by Crippen LogP contribution is -2.63. The molecule has 4 nitrogen and oxygen atoms in total. The molecule has 0 aromatic rings. The van der Waals surface area contributed by atoms with Crippen molar-refractivity contribution in [3.8, 4) is 0 Å². The van der Waals surface area contributed by atoms with Gasteiger partial charge in [0, 0.05) is 25.8 Å². The summed E-state index contributed by atoms with van der Waals surface area (Å²) in [6, 6.07) is 0.288. The molecule has 1 rings (SSSR count). The molecule has 0 saturated carbocycles. The molecule has 1 heterocycles. The van der Waals surface area contributed by atoms with E-state index >= 15 is 0 Å².